The molecule has 2 aromatic rings. The fourth-order valence-electron chi connectivity index (χ4n) is 4.69. The van der Waals surface area contributed by atoms with Gasteiger partial charge in [0.25, 0.3) is 5.91 Å². The van der Waals surface area contributed by atoms with Crippen LogP contribution in [-0.2, 0) is 6.42 Å². The second kappa shape index (κ2) is 7.39. The van der Waals surface area contributed by atoms with Gasteiger partial charge in [-0.15, -0.1) is 0 Å². The maximum absolute atomic E-state index is 12.8. The van der Waals surface area contributed by atoms with Crippen molar-refractivity contribution in [3.63, 3.8) is 0 Å². The van der Waals surface area contributed by atoms with Gasteiger partial charge in [-0.05, 0) is 37.8 Å². The molecule has 5 nitrogen and oxygen atoms in total. The third-order valence-corrected chi connectivity index (χ3v) is 6.45. The number of benzene rings is 1. The van der Waals surface area contributed by atoms with Gasteiger partial charge in [-0.2, -0.15) is 0 Å². The van der Waals surface area contributed by atoms with Crippen LogP contribution in [0.25, 0.3) is 0 Å². The fraction of sp³-hybridized carbons (Fsp3) is 0.500. The van der Waals surface area contributed by atoms with Crippen molar-refractivity contribution in [2.24, 2.45) is 0 Å². The third-order valence-electron chi connectivity index (χ3n) is 6.45. The Balaban J connectivity index is 1.41. The van der Waals surface area contributed by atoms with Gasteiger partial charge in [0.05, 0.1) is 5.56 Å². The molecule has 1 aromatic carbocycles. The molecule has 2 aliphatic rings. The van der Waals surface area contributed by atoms with E-state index in [9.17, 15) is 4.79 Å². The zero-order chi connectivity index (χ0) is 18.9. The van der Waals surface area contributed by atoms with Crippen LogP contribution in [0.4, 0.5) is 0 Å². The van der Waals surface area contributed by atoms with Gasteiger partial charge in [-0.1, -0.05) is 37.3 Å². The van der Waals surface area contributed by atoms with Crippen molar-refractivity contribution in [1.82, 2.24) is 19.8 Å². The molecule has 0 aliphatic carbocycles. The van der Waals surface area contributed by atoms with E-state index in [4.69, 9.17) is 0 Å². The summed E-state index contributed by atoms with van der Waals surface area (Å²) in [6.07, 6.45) is 7.38. The van der Waals surface area contributed by atoms with Gasteiger partial charge in [0.1, 0.15) is 5.82 Å². The van der Waals surface area contributed by atoms with E-state index in [2.05, 4.69) is 52.2 Å². The lowest BCUT2D eigenvalue weighted by Crippen LogP contribution is -2.52. The third kappa shape index (κ3) is 3.48. The van der Waals surface area contributed by atoms with Gasteiger partial charge >= 0.3 is 0 Å². The van der Waals surface area contributed by atoms with Crippen molar-refractivity contribution in [1.29, 1.82) is 0 Å². The Labute approximate surface area is 161 Å². The number of rotatable bonds is 3. The first-order valence-electron chi connectivity index (χ1n) is 9.98. The lowest BCUT2D eigenvalue weighted by atomic mass is 9.81. The average molecular weight is 364 g/mol. The number of likely N-dealkylation sites (N-methyl/N-ethyl adjacent to an activating group) is 1. The standard InChI is InChI=1S/C22H28N4O/c1-3-20-23-14-19(15-24-20)21(27)26-11-9-22(10-12-26)13-18(16-25(22)2)17-7-5-4-6-8-17/h4-8,14-15,18H,3,9-13,16H2,1-2H3. The number of hydrogen-bond donors (Lipinski definition) is 0. The summed E-state index contributed by atoms with van der Waals surface area (Å²) in [4.78, 5) is 25.9. The Kier molecular flexibility index (Phi) is 4.96. The summed E-state index contributed by atoms with van der Waals surface area (Å²) >= 11 is 0. The van der Waals surface area contributed by atoms with Crippen molar-refractivity contribution < 1.29 is 4.79 Å². The lowest BCUT2D eigenvalue weighted by Gasteiger charge is -2.43. The van der Waals surface area contributed by atoms with Crippen molar-refractivity contribution in [2.75, 3.05) is 26.7 Å². The number of carbonyl (C=O) groups excluding carboxylic acids is 1. The van der Waals surface area contributed by atoms with Crippen LogP contribution >= 0.6 is 0 Å². The fourth-order valence-corrected chi connectivity index (χ4v) is 4.69. The van der Waals surface area contributed by atoms with E-state index in [0.29, 0.717) is 11.5 Å². The maximum atomic E-state index is 12.8. The van der Waals surface area contributed by atoms with Crippen molar-refractivity contribution >= 4 is 5.91 Å². The molecule has 5 heteroatoms. The zero-order valence-corrected chi connectivity index (χ0v) is 16.3. The summed E-state index contributed by atoms with van der Waals surface area (Å²) in [7, 11) is 2.25. The van der Waals surface area contributed by atoms with Gasteiger partial charge in [-0.25, -0.2) is 9.97 Å². The zero-order valence-electron chi connectivity index (χ0n) is 16.3. The molecule has 4 rings (SSSR count). The van der Waals surface area contributed by atoms with Crippen LogP contribution in [0.5, 0.6) is 0 Å². The summed E-state index contributed by atoms with van der Waals surface area (Å²) in [6, 6.07) is 10.8. The molecule has 0 saturated carbocycles. The van der Waals surface area contributed by atoms with Crippen molar-refractivity contribution in [3.8, 4) is 0 Å². The smallest absolute Gasteiger partial charge is 0.256 e. The van der Waals surface area contributed by atoms with Gasteiger partial charge in [0.2, 0.25) is 0 Å². The van der Waals surface area contributed by atoms with Crippen molar-refractivity contribution in [3.05, 3.63) is 59.7 Å². The molecular formula is C22H28N4O. The molecule has 0 N–H and O–H groups in total. The summed E-state index contributed by atoms with van der Waals surface area (Å²) in [5.74, 6) is 1.44. The molecule has 2 fully saturated rings. The van der Waals surface area contributed by atoms with Crippen LogP contribution in [-0.4, -0.2) is 57.9 Å². The molecule has 142 valence electrons. The number of piperidine rings is 1. The minimum absolute atomic E-state index is 0.0627. The lowest BCUT2D eigenvalue weighted by molar-refractivity contribution is 0.0491. The molecule has 3 heterocycles. The minimum atomic E-state index is 0.0627. The van der Waals surface area contributed by atoms with Crippen molar-refractivity contribution in [2.45, 2.75) is 44.1 Å². The molecule has 1 amide bonds. The molecular weight excluding hydrogens is 336 g/mol. The minimum Gasteiger partial charge on any atom is -0.338 e. The van der Waals surface area contributed by atoms with Crippen LogP contribution in [0.1, 0.15) is 53.8 Å². The highest BCUT2D eigenvalue weighted by Crippen LogP contribution is 2.44. The molecule has 1 spiro atoms. The van der Waals surface area contributed by atoms with Gasteiger partial charge in [0, 0.05) is 44.0 Å². The molecule has 0 radical (unpaired) electrons. The summed E-state index contributed by atoms with van der Waals surface area (Å²) < 4.78 is 0. The predicted octanol–water partition coefficient (Wildman–Crippen LogP) is 3.13. The van der Waals surface area contributed by atoms with E-state index in [1.807, 2.05) is 11.8 Å². The number of aryl methyl sites for hydroxylation is 1. The summed E-state index contributed by atoms with van der Waals surface area (Å²) in [5, 5.41) is 0. The molecule has 2 saturated heterocycles. The van der Waals surface area contributed by atoms with Crippen LogP contribution in [0.2, 0.25) is 0 Å². The molecule has 1 atom stereocenters. The van der Waals surface area contributed by atoms with Crippen LogP contribution in [0.3, 0.4) is 0 Å². The first-order chi connectivity index (χ1) is 13.1. The first-order valence-corrected chi connectivity index (χ1v) is 9.98. The molecule has 1 aromatic heterocycles. The quantitative estimate of drug-likeness (QED) is 0.840. The second-order valence-electron chi connectivity index (χ2n) is 7.95. The highest BCUT2D eigenvalue weighted by atomic mass is 16.2. The number of hydrogen-bond acceptors (Lipinski definition) is 4. The number of amides is 1. The summed E-state index contributed by atoms with van der Waals surface area (Å²) in [6.45, 7) is 4.73. The van der Waals surface area contributed by atoms with E-state index in [1.165, 1.54) is 12.0 Å². The maximum Gasteiger partial charge on any atom is 0.256 e. The number of aromatic nitrogens is 2. The van der Waals surface area contributed by atoms with Gasteiger partial charge in [-0.3, -0.25) is 9.69 Å². The van der Waals surface area contributed by atoms with Gasteiger partial charge < -0.3 is 4.90 Å². The number of nitrogens with zero attached hydrogens (tertiary/aromatic N) is 4. The van der Waals surface area contributed by atoms with E-state index in [0.717, 1.165) is 44.7 Å². The van der Waals surface area contributed by atoms with E-state index in [1.54, 1.807) is 12.4 Å². The average Bonchev–Trinajstić information content (AvgIpc) is 3.05. The van der Waals surface area contributed by atoms with E-state index in [-0.39, 0.29) is 11.4 Å². The highest BCUT2D eigenvalue weighted by molar-refractivity contribution is 5.93. The molecule has 0 bridgehead atoms. The summed E-state index contributed by atoms with van der Waals surface area (Å²) in [5.41, 5.74) is 2.26. The predicted molar refractivity (Wildman–Crippen MR) is 106 cm³/mol. The topological polar surface area (TPSA) is 49.3 Å². The second-order valence-corrected chi connectivity index (χ2v) is 7.95. The number of carbonyl (C=O) groups is 1. The molecule has 27 heavy (non-hydrogen) atoms. The van der Waals surface area contributed by atoms with E-state index >= 15 is 0 Å². The van der Waals surface area contributed by atoms with Crippen LogP contribution in [0.15, 0.2) is 42.7 Å². The Bertz CT molecular complexity index is 782. The van der Waals surface area contributed by atoms with Crippen LogP contribution in [0, 0.1) is 0 Å². The number of likely N-dealkylation sites (tertiary alicyclic amines) is 2. The van der Waals surface area contributed by atoms with E-state index < -0.39 is 0 Å². The monoisotopic (exact) mass is 364 g/mol. The Morgan fingerprint density at radius 2 is 1.81 bits per heavy atom. The Morgan fingerprint density at radius 3 is 2.44 bits per heavy atom. The highest BCUT2D eigenvalue weighted by Gasteiger charge is 2.46. The van der Waals surface area contributed by atoms with Crippen LogP contribution < -0.4 is 0 Å². The first kappa shape index (κ1) is 18.1. The normalized spacial score (nSPS) is 22.3. The SMILES string of the molecule is CCc1ncc(C(=O)N2CCC3(CC2)CC(c2ccccc2)CN3C)cn1. The molecule has 2 aliphatic heterocycles. The molecule has 1 unspecified atom stereocenters. The largest absolute Gasteiger partial charge is 0.338 e. The van der Waals surface area contributed by atoms with Gasteiger partial charge in [0.15, 0.2) is 0 Å². The Morgan fingerprint density at radius 1 is 1.15 bits per heavy atom. The Hall–Kier alpha value is -2.27.